The Labute approximate surface area is 195 Å². The van der Waals surface area contributed by atoms with E-state index in [1.54, 1.807) is 0 Å². The van der Waals surface area contributed by atoms with Crippen molar-refractivity contribution in [2.45, 2.75) is 18.4 Å². The molecule has 0 saturated carbocycles. The summed E-state index contributed by atoms with van der Waals surface area (Å²) in [5.41, 5.74) is 1.39. The minimum Gasteiger partial charge on any atom is -0.379 e. The van der Waals surface area contributed by atoms with Crippen molar-refractivity contribution < 1.29 is 17.9 Å². The van der Waals surface area contributed by atoms with Crippen molar-refractivity contribution in [1.82, 2.24) is 8.87 Å². The number of fused-ring (bicyclic) bond motifs is 3. The average Bonchev–Trinajstić information content (AvgIpc) is 3.22. The second-order valence-corrected chi connectivity index (χ2v) is 10.6. The molecule has 0 unspecified atom stereocenters. The first-order valence-corrected chi connectivity index (χ1v) is 13.0. The van der Waals surface area contributed by atoms with Gasteiger partial charge in [-0.25, -0.2) is 8.42 Å². The Bertz CT molecular complexity index is 1510. The molecule has 1 aliphatic heterocycles. The van der Waals surface area contributed by atoms with Gasteiger partial charge in [-0.1, -0.05) is 41.7 Å². The summed E-state index contributed by atoms with van der Waals surface area (Å²) in [6, 6.07) is 18.3. The minimum absolute atomic E-state index is 0.165. The van der Waals surface area contributed by atoms with Crippen LogP contribution in [-0.2, 0) is 21.3 Å². The van der Waals surface area contributed by atoms with Crippen LogP contribution in [0.1, 0.15) is 17.3 Å². The molecule has 4 aromatic rings. The third-order valence-electron chi connectivity index (χ3n) is 5.80. The fourth-order valence-electron chi connectivity index (χ4n) is 4.05. The average molecular weight is 482 g/mol. The van der Waals surface area contributed by atoms with Crippen molar-refractivity contribution in [3.8, 4) is 0 Å². The smallest absolute Gasteiger partial charge is 0.279 e. The number of aryl methyl sites for hydroxylation is 1. The molecule has 33 heavy (non-hydrogen) atoms. The zero-order valence-corrected chi connectivity index (χ0v) is 19.7. The summed E-state index contributed by atoms with van der Waals surface area (Å²) in [5, 5.41) is 2.28. The summed E-state index contributed by atoms with van der Waals surface area (Å²) in [7, 11) is -3.60. The van der Waals surface area contributed by atoms with Crippen LogP contribution < -0.4 is 4.80 Å². The summed E-state index contributed by atoms with van der Waals surface area (Å²) < 4.78 is 35.4. The van der Waals surface area contributed by atoms with Crippen LogP contribution >= 0.6 is 11.3 Å². The van der Waals surface area contributed by atoms with E-state index in [9.17, 15) is 13.2 Å². The van der Waals surface area contributed by atoms with E-state index in [-0.39, 0.29) is 4.90 Å². The SMILES string of the molecule is CCn1c(=NC(=O)c2ccc(S(=O)(=O)N3CCOCC3)cc2)sc2c3ccccc3ccc21. The van der Waals surface area contributed by atoms with Crippen molar-refractivity contribution >= 4 is 48.3 Å². The highest BCUT2D eigenvalue weighted by Crippen LogP contribution is 2.27. The highest BCUT2D eigenvalue weighted by atomic mass is 32.2. The maximum atomic E-state index is 12.9. The molecule has 7 nitrogen and oxygen atoms in total. The van der Waals surface area contributed by atoms with Crippen LogP contribution in [-0.4, -0.2) is 49.5 Å². The normalized spacial score (nSPS) is 16.0. The van der Waals surface area contributed by atoms with Crippen molar-refractivity contribution in [2.24, 2.45) is 4.99 Å². The van der Waals surface area contributed by atoms with Gasteiger partial charge in [0.15, 0.2) is 4.80 Å². The molecule has 0 atom stereocenters. The Hall–Kier alpha value is -2.85. The van der Waals surface area contributed by atoms with E-state index in [0.29, 0.717) is 43.2 Å². The van der Waals surface area contributed by atoms with Gasteiger partial charge < -0.3 is 9.30 Å². The lowest BCUT2D eigenvalue weighted by Crippen LogP contribution is -2.40. The molecule has 1 aromatic heterocycles. The molecule has 2 heterocycles. The Morgan fingerprint density at radius 3 is 2.48 bits per heavy atom. The zero-order valence-electron chi connectivity index (χ0n) is 18.1. The Morgan fingerprint density at radius 1 is 1.03 bits per heavy atom. The van der Waals surface area contributed by atoms with E-state index in [0.717, 1.165) is 21.0 Å². The molecule has 1 saturated heterocycles. The molecule has 9 heteroatoms. The summed E-state index contributed by atoms with van der Waals surface area (Å²) in [6.07, 6.45) is 0. The van der Waals surface area contributed by atoms with Crippen molar-refractivity contribution in [3.63, 3.8) is 0 Å². The molecule has 1 aliphatic rings. The first-order valence-electron chi connectivity index (χ1n) is 10.8. The van der Waals surface area contributed by atoms with E-state index < -0.39 is 15.9 Å². The summed E-state index contributed by atoms with van der Waals surface area (Å²) in [6.45, 7) is 4.14. The second-order valence-electron chi connectivity index (χ2n) is 7.72. The van der Waals surface area contributed by atoms with Crippen LogP contribution in [0.25, 0.3) is 21.0 Å². The van der Waals surface area contributed by atoms with Gasteiger partial charge in [0.05, 0.1) is 28.3 Å². The van der Waals surface area contributed by atoms with E-state index in [1.807, 2.05) is 23.6 Å². The summed E-state index contributed by atoms with van der Waals surface area (Å²) in [5.74, 6) is -0.400. The summed E-state index contributed by atoms with van der Waals surface area (Å²) in [4.78, 5) is 18.1. The van der Waals surface area contributed by atoms with E-state index in [4.69, 9.17) is 4.74 Å². The standard InChI is InChI=1S/C24H23N3O4S2/c1-2-27-21-12-9-17-5-3-4-6-20(17)22(21)32-24(27)25-23(28)18-7-10-19(11-8-18)33(29,30)26-13-15-31-16-14-26/h3-12H,2,13-16H2,1H3. The number of rotatable bonds is 4. The number of morpholine rings is 1. The maximum absolute atomic E-state index is 12.9. The van der Waals surface area contributed by atoms with E-state index in [1.165, 1.54) is 39.9 Å². The Morgan fingerprint density at radius 2 is 1.76 bits per heavy atom. The number of hydrogen-bond acceptors (Lipinski definition) is 5. The number of sulfonamides is 1. The third-order valence-corrected chi connectivity index (χ3v) is 8.84. The number of amides is 1. The van der Waals surface area contributed by atoms with Crippen LogP contribution in [0.2, 0.25) is 0 Å². The van der Waals surface area contributed by atoms with Gasteiger partial charge in [0, 0.05) is 30.6 Å². The van der Waals surface area contributed by atoms with Gasteiger partial charge in [-0.05, 0) is 42.6 Å². The van der Waals surface area contributed by atoms with E-state index in [2.05, 4.69) is 29.3 Å². The zero-order chi connectivity index (χ0) is 23.0. The monoisotopic (exact) mass is 481 g/mol. The van der Waals surface area contributed by atoms with Crippen LogP contribution in [0.5, 0.6) is 0 Å². The van der Waals surface area contributed by atoms with Gasteiger partial charge in [0.2, 0.25) is 10.0 Å². The van der Waals surface area contributed by atoms with Crippen LogP contribution in [0.3, 0.4) is 0 Å². The molecular formula is C24H23N3O4S2. The number of nitrogens with zero attached hydrogens (tertiary/aromatic N) is 3. The summed E-state index contributed by atoms with van der Waals surface area (Å²) >= 11 is 1.49. The Kier molecular flexibility index (Phi) is 5.88. The number of ether oxygens (including phenoxy) is 1. The van der Waals surface area contributed by atoms with Gasteiger partial charge in [-0.3, -0.25) is 4.79 Å². The second kappa shape index (κ2) is 8.83. The lowest BCUT2D eigenvalue weighted by molar-refractivity contribution is 0.0730. The van der Waals surface area contributed by atoms with Gasteiger partial charge in [0.25, 0.3) is 5.91 Å². The number of carbonyl (C=O) groups excluding carboxylic acids is 1. The molecule has 0 N–H and O–H groups in total. The van der Waals surface area contributed by atoms with Gasteiger partial charge >= 0.3 is 0 Å². The fraction of sp³-hybridized carbons (Fsp3) is 0.250. The quantitative estimate of drug-likeness (QED) is 0.446. The molecule has 1 fully saturated rings. The number of thiazole rings is 1. The topological polar surface area (TPSA) is 81.0 Å². The number of carbonyl (C=O) groups is 1. The van der Waals surface area contributed by atoms with Gasteiger partial charge in [-0.2, -0.15) is 9.30 Å². The number of benzene rings is 3. The predicted octanol–water partition coefficient (Wildman–Crippen LogP) is 3.64. The molecule has 0 aliphatic carbocycles. The molecule has 170 valence electrons. The van der Waals surface area contributed by atoms with Gasteiger partial charge in [0.1, 0.15) is 0 Å². The first-order chi connectivity index (χ1) is 16.0. The van der Waals surface area contributed by atoms with Crippen molar-refractivity contribution in [1.29, 1.82) is 0 Å². The van der Waals surface area contributed by atoms with E-state index >= 15 is 0 Å². The minimum atomic E-state index is -3.60. The number of aromatic nitrogens is 1. The molecule has 0 radical (unpaired) electrons. The largest absolute Gasteiger partial charge is 0.379 e. The molecule has 0 spiro atoms. The molecule has 5 rings (SSSR count). The van der Waals surface area contributed by atoms with Crippen LogP contribution in [0.15, 0.2) is 70.6 Å². The van der Waals surface area contributed by atoms with Crippen molar-refractivity contribution in [2.75, 3.05) is 26.3 Å². The fourth-order valence-corrected chi connectivity index (χ4v) is 6.68. The van der Waals surface area contributed by atoms with Gasteiger partial charge in [-0.15, -0.1) is 0 Å². The lowest BCUT2D eigenvalue weighted by atomic mass is 10.1. The maximum Gasteiger partial charge on any atom is 0.279 e. The van der Waals surface area contributed by atoms with Crippen LogP contribution in [0, 0.1) is 0 Å². The van der Waals surface area contributed by atoms with Crippen molar-refractivity contribution in [3.05, 3.63) is 71.0 Å². The third kappa shape index (κ3) is 4.02. The highest BCUT2D eigenvalue weighted by Gasteiger charge is 2.26. The molecule has 3 aromatic carbocycles. The van der Waals surface area contributed by atoms with Crippen LogP contribution in [0.4, 0.5) is 0 Å². The number of hydrogen-bond donors (Lipinski definition) is 0. The molecular weight excluding hydrogens is 458 g/mol. The first kappa shape index (κ1) is 22.0. The Balaban J connectivity index is 1.50. The molecule has 0 bridgehead atoms. The highest BCUT2D eigenvalue weighted by molar-refractivity contribution is 7.89. The predicted molar refractivity (Wildman–Crippen MR) is 129 cm³/mol. The molecule has 1 amide bonds. The lowest BCUT2D eigenvalue weighted by Gasteiger charge is -2.26.